The van der Waals surface area contributed by atoms with Crippen molar-refractivity contribution in [3.8, 4) is 0 Å². The quantitative estimate of drug-likeness (QED) is 0.845. The SMILES string of the molecule is O=c1cc(N2CC[C@H](O)C2)cnn1[C@H]1CCCN(Cc2cc(F)ccc2Cl)C1. The predicted molar refractivity (Wildman–Crippen MR) is 106 cm³/mol. The van der Waals surface area contributed by atoms with E-state index < -0.39 is 0 Å². The molecule has 3 heterocycles. The molecular formula is C20H24ClFN4O2. The fourth-order valence-electron chi connectivity index (χ4n) is 4.11. The van der Waals surface area contributed by atoms with Crippen molar-refractivity contribution in [3.63, 3.8) is 0 Å². The second kappa shape index (κ2) is 8.19. The lowest BCUT2D eigenvalue weighted by atomic mass is 10.0. The summed E-state index contributed by atoms with van der Waals surface area (Å²) in [5, 5.41) is 14.7. The summed E-state index contributed by atoms with van der Waals surface area (Å²) in [7, 11) is 0. The molecule has 0 aliphatic carbocycles. The first-order valence-electron chi connectivity index (χ1n) is 9.68. The molecule has 0 amide bonds. The number of halogens is 2. The van der Waals surface area contributed by atoms with Gasteiger partial charge in [-0.2, -0.15) is 5.10 Å². The highest BCUT2D eigenvalue weighted by molar-refractivity contribution is 6.31. The molecule has 150 valence electrons. The molecule has 2 atom stereocenters. The molecule has 2 aliphatic rings. The number of aliphatic hydroxyl groups excluding tert-OH is 1. The average molecular weight is 407 g/mol. The van der Waals surface area contributed by atoms with E-state index >= 15 is 0 Å². The summed E-state index contributed by atoms with van der Waals surface area (Å²) >= 11 is 6.20. The van der Waals surface area contributed by atoms with E-state index in [4.69, 9.17) is 11.6 Å². The molecule has 1 N–H and O–H groups in total. The number of anilines is 1. The van der Waals surface area contributed by atoms with Gasteiger partial charge in [-0.15, -0.1) is 0 Å². The van der Waals surface area contributed by atoms with Gasteiger partial charge in [0.15, 0.2) is 0 Å². The maximum atomic E-state index is 13.5. The van der Waals surface area contributed by atoms with Gasteiger partial charge in [-0.3, -0.25) is 9.69 Å². The smallest absolute Gasteiger partial charge is 0.269 e. The third-order valence-corrected chi connectivity index (χ3v) is 5.94. The molecule has 4 rings (SSSR count). The molecule has 6 nitrogen and oxygen atoms in total. The van der Waals surface area contributed by atoms with Gasteiger partial charge in [0.1, 0.15) is 5.82 Å². The van der Waals surface area contributed by atoms with Gasteiger partial charge in [0.05, 0.1) is 24.0 Å². The number of hydrogen-bond acceptors (Lipinski definition) is 5. The monoisotopic (exact) mass is 406 g/mol. The van der Waals surface area contributed by atoms with E-state index in [0.29, 0.717) is 31.1 Å². The van der Waals surface area contributed by atoms with E-state index in [0.717, 1.165) is 37.2 Å². The topological polar surface area (TPSA) is 61.6 Å². The standard InChI is InChI=1S/C20H24ClFN4O2/c21-19-4-3-15(22)8-14(19)11-24-6-1-2-16(12-24)26-20(28)9-17(10-23-26)25-7-5-18(27)13-25/h3-4,8-10,16,18,27H,1-2,5-7,11-13H2/t16-,18-/m0/s1. The summed E-state index contributed by atoms with van der Waals surface area (Å²) < 4.78 is 15.1. The zero-order valence-electron chi connectivity index (χ0n) is 15.6. The molecule has 0 unspecified atom stereocenters. The molecule has 0 saturated carbocycles. The summed E-state index contributed by atoms with van der Waals surface area (Å²) in [5.74, 6) is -0.298. The van der Waals surface area contributed by atoms with Crippen molar-refractivity contribution in [1.29, 1.82) is 0 Å². The van der Waals surface area contributed by atoms with Crippen molar-refractivity contribution in [2.24, 2.45) is 0 Å². The molecule has 8 heteroatoms. The molecule has 2 aromatic rings. The zero-order chi connectivity index (χ0) is 19.7. The van der Waals surface area contributed by atoms with E-state index in [2.05, 4.69) is 10.00 Å². The van der Waals surface area contributed by atoms with Crippen molar-refractivity contribution in [1.82, 2.24) is 14.7 Å². The third-order valence-electron chi connectivity index (χ3n) is 5.57. The largest absolute Gasteiger partial charge is 0.391 e. The fraction of sp³-hybridized carbons (Fsp3) is 0.500. The van der Waals surface area contributed by atoms with Crippen LogP contribution < -0.4 is 10.5 Å². The number of piperidine rings is 1. The highest BCUT2D eigenvalue weighted by Crippen LogP contribution is 2.25. The zero-order valence-corrected chi connectivity index (χ0v) is 16.4. The van der Waals surface area contributed by atoms with Crippen LogP contribution in [0.5, 0.6) is 0 Å². The number of hydrogen-bond donors (Lipinski definition) is 1. The molecule has 0 spiro atoms. The Morgan fingerprint density at radius 3 is 2.82 bits per heavy atom. The van der Waals surface area contributed by atoms with Crippen LogP contribution in [0.4, 0.5) is 10.1 Å². The third kappa shape index (κ3) is 4.21. The first kappa shape index (κ1) is 19.4. The van der Waals surface area contributed by atoms with E-state index in [-0.39, 0.29) is 23.5 Å². The van der Waals surface area contributed by atoms with Crippen molar-refractivity contribution in [2.75, 3.05) is 31.1 Å². The average Bonchev–Trinajstić information content (AvgIpc) is 3.11. The number of nitrogens with zero attached hydrogens (tertiary/aromatic N) is 4. The molecule has 2 saturated heterocycles. The lowest BCUT2D eigenvalue weighted by Crippen LogP contribution is -2.40. The number of rotatable bonds is 4. The number of likely N-dealkylation sites (tertiary alicyclic amines) is 1. The van der Waals surface area contributed by atoms with Gasteiger partial charge in [0.25, 0.3) is 5.56 Å². The molecule has 1 aromatic carbocycles. The number of benzene rings is 1. The van der Waals surface area contributed by atoms with Crippen molar-refractivity contribution in [3.05, 3.63) is 57.2 Å². The van der Waals surface area contributed by atoms with Gasteiger partial charge in [-0.05, 0) is 49.6 Å². The van der Waals surface area contributed by atoms with Gasteiger partial charge >= 0.3 is 0 Å². The van der Waals surface area contributed by atoms with Crippen LogP contribution in [-0.4, -0.2) is 52.1 Å². The van der Waals surface area contributed by atoms with Crippen LogP contribution in [-0.2, 0) is 6.54 Å². The van der Waals surface area contributed by atoms with E-state index in [1.807, 2.05) is 4.90 Å². The van der Waals surface area contributed by atoms with Gasteiger partial charge in [-0.25, -0.2) is 9.07 Å². The summed E-state index contributed by atoms with van der Waals surface area (Å²) in [4.78, 5) is 16.8. The minimum absolute atomic E-state index is 0.0215. The molecular weight excluding hydrogens is 383 g/mol. The van der Waals surface area contributed by atoms with E-state index in [1.165, 1.54) is 12.1 Å². The van der Waals surface area contributed by atoms with Crippen molar-refractivity contribution >= 4 is 17.3 Å². The van der Waals surface area contributed by atoms with Gasteiger partial charge in [0, 0.05) is 37.3 Å². The fourth-order valence-corrected chi connectivity index (χ4v) is 4.29. The highest BCUT2D eigenvalue weighted by atomic mass is 35.5. The van der Waals surface area contributed by atoms with Crippen LogP contribution in [0.15, 0.2) is 35.3 Å². The Bertz CT molecular complexity index is 906. The van der Waals surface area contributed by atoms with Gasteiger partial charge < -0.3 is 10.0 Å². The van der Waals surface area contributed by atoms with Crippen LogP contribution in [0, 0.1) is 5.82 Å². The van der Waals surface area contributed by atoms with Crippen LogP contribution in [0.3, 0.4) is 0 Å². The molecule has 2 fully saturated rings. The summed E-state index contributed by atoms with van der Waals surface area (Å²) in [6.07, 6.45) is 3.89. The molecule has 2 aliphatic heterocycles. The van der Waals surface area contributed by atoms with Crippen LogP contribution >= 0.6 is 11.6 Å². The molecule has 28 heavy (non-hydrogen) atoms. The second-order valence-corrected chi connectivity index (χ2v) is 8.06. The number of aromatic nitrogens is 2. The molecule has 0 bridgehead atoms. The lowest BCUT2D eigenvalue weighted by Gasteiger charge is -2.33. The van der Waals surface area contributed by atoms with Crippen LogP contribution in [0.25, 0.3) is 0 Å². The number of β-amino-alcohol motifs (C(OH)–C–C–N with tert-alkyl or cyclic N) is 1. The Hall–Kier alpha value is -1.96. The Labute approximate surface area is 168 Å². The minimum Gasteiger partial charge on any atom is -0.391 e. The first-order chi connectivity index (χ1) is 13.5. The minimum atomic E-state index is -0.344. The Morgan fingerprint density at radius 1 is 1.21 bits per heavy atom. The lowest BCUT2D eigenvalue weighted by molar-refractivity contribution is 0.160. The molecule has 1 aromatic heterocycles. The Morgan fingerprint density at radius 2 is 2.07 bits per heavy atom. The normalized spacial score (nSPS) is 23.3. The molecule has 0 radical (unpaired) electrons. The van der Waals surface area contributed by atoms with Crippen molar-refractivity contribution < 1.29 is 9.50 Å². The van der Waals surface area contributed by atoms with Gasteiger partial charge in [-0.1, -0.05) is 11.6 Å². The predicted octanol–water partition coefficient (Wildman–Crippen LogP) is 2.44. The van der Waals surface area contributed by atoms with E-state index in [1.54, 1.807) is 23.0 Å². The Balaban J connectivity index is 1.47. The first-order valence-corrected chi connectivity index (χ1v) is 10.1. The van der Waals surface area contributed by atoms with Gasteiger partial charge in [0.2, 0.25) is 0 Å². The van der Waals surface area contributed by atoms with Crippen LogP contribution in [0.1, 0.15) is 30.9 Å². The summed E-state index contributed by atoms with van der Waals surface area (Å²) in [6, 6.07) is 5.98. The van der Waals surface area contributed by atoms with Crippen molar-refractivity contribution in [2.45, 2.75) is 38.0 Å². The summed E-state index contributed by atoms with van der Waals surface area (Å²) in [5.41, 5.74) is 1.39. The Kier molecular flexibility index (Phi) is 5.66. The van der Waals surface area contributed by atoms with Crippen LogP contribution in [0.2, 0.25) is 5.02 Å². The highest BCUT2D eigenvalue weighted by Gasteiger charge is 2.25. The van der Waals surface area contributed by atoms with E-state index in [9.17, 15) is 14.3 Å². The maximum Gasteiger partial charge on any atom is 0.269 e. The number of aliphatic hydroxyl groups is 1. The summed E-state index contributed by atoms with van der Waals surface area (Å²) in [6.45, 7) is 3.36. The second-order valence-electron chi connectivity index (χ2n) is 7.65. The maximum absolute atomic E-state index is 13.5.